The van der Waals surface area contributed by atoms with Crippen molar-refractivity contribution in [3.8, 4) is 11.1 Å². The Morgan fingerprint density at radius 3 is 2.73 bits per heavy atom. The van der Waals surface area contributed by atoms with Gasteiger partial charge in [0.15, 0.2) is 0 Å². The number of benzene rings is 2. The topological polar surface area (TPSA) is 55.1 Å². The molecule has 4 rings (SSSR count). The lowest BCUT2D eigenvalue weighted by Crippen LogP contribution is -2.14. The number of carbonyl (C=O) groups excluding carboxylic acids is 1. The van der Waals surface area contributed by atoms with Crippen LogP contribution in [-0.4, -0.2) is 10.9 Å². The highest BCUT2D eigenvalue weighted by Crippen LogP contribution is 2.32. The molecule has 2 heterocycles. The van der Waals surface area contributed by atoms with Crippen LogP contribution in [0.3, 0.4) is 0 Å². The zero-order valence-corrected chi connectivity index (χ0v) is 14.1. The molecule has 2 aromatic carbocycles. The van der Waals surface area contributed by atoms with Gasteiger partial charge in [-0.05, 0) is 42.5 Å². The van der Waals surface area contributed by atoms with Crippen LogP contribution in [0.1, 0.15) is 10.4 Å². The lowest BCUT2D eigenvalue weighted by molar-refractivity contribution is 0.102. The number of furan rings is 1. The van der Waals surface area contributed by atoms with Crippen molar-refractivity contribution in [3.05, 3.63) is 83.5 Å². The molecule has 0 aliphatic rings. The summed E-state index contributed by atoms with van der Waals surface area (Å²) >= 11 is 6.34. The van der Waals surface area contributed by atoms with E-state index >= 15 is 0 Å². The Hall–Kier alpha value is -3.18. The molecule has 0 unspecified atom stereocenters. The molecule has 6 heteroatoms. The molecule has 0 atom stereocenters. The van der Waals surface area contributed by atoms with Crippen LogP contribution in [0.15, 0.2) is 71.5 Å². The number of nitrogens with zero attached hydrogens (tertiary/aromatic N) is 1. The second-order valence-corrected chi connectivity index (χ2v) is 6.06. The number of carbonyl (C=O) groups is 1. The van der Waals surface area contributed by atoms with Gasteiger partial charge in [-0.3, -0.25) is 4.79 Å². The van der Waals surface area contributed by atoms with E-state index in [1.807, 2.05) is 18.2 Å². The molecule has 128 valence electrons. The highest BCUT2D eigenvalue weighted by Gasteiger charge is 2.12. The fourth-order valence-electron chi connectivity index (χ4n) is 2.66. The molecule has 0 bridgehead atoms. The summed E-state index contributed by atoms with van der Waals surface area (Å²) < 4.78 is 19.1. The molecular weight excluding hydrogens is 355 g/mol. The van der Waals surface area contributed by atoms with Crippen molar-refractivity contribution in [1.82, 2.24) is 4.98 Å². The van der Waals surface area contributed by atoms with Crippen molar-refractivity contribution >= 4 is 34.3 Å². The van der Waals surface area contributed by atoms with Gasteiger partial charge in [-0.1, -0.05) is 23.7 Å². The lowest BCUT2D eigenvalue weighted by atomic mass is 10.1. The number of pyridine rings is 1. The molecule has 1 N–H and O–H groups in total. The summed E-state index contributed by atoms with van der Waals surface area (Å²) in [6.07, 6.45) is 3.19. The quantitative estimate of drug-likeness (QED) is 0.518. The maximum atomic E-state index is 13.7. The monoisotopic (exact) mass is 366 g/mol. The van der Waals surface area contributed by atoms with Gasteiger partial charge in [-0.25, -0.2) is 9.37 Å². The summed E-state index contributed by atoms with van der Waals surface area (Å²) in [5.41, 5.74) is 2.23. The minimum absolute atomic E-state index is 0.0373. The van der Waals surface area contributed by atoms with Gasteiger partial charge in [0.1, 0.15) is 17.2 Å². The predicted octanol–water partition coefficient (Wildman–Crippen LogP) is 5.54. The Morgan fingerprint density at radius 1 is 1.12 bits per heavy atom. The van der Waals surface area contributed by atoms with Crippen LogP contribution in [-0.2, 0) is 0 Å². The Kier molecular flexibility index (Phi) is 4.14. The van der Waals surface area contributed by atoms with Gasteiger partial charge in [0.25, 0.3) is 5.91 Å². The number of amides is 1. The molecule has 0 aliphatic heterocycles. The van der Waals surface area contributed by atoms with Crippen LogP contribution >= 0.6 is 11.6 Å². The predicted molar refractivity (Wildman–Crippen MR) is 98.8 cm³/mol. The standard InChI is InChI=1S/C20H12ClFN2O2/c21-16-9-12-7-8-26-18(12)10-15(16)13-5-6-19(23-11-13)24-20(25)14-3-1-2-4-17(14)22/h1-11H,(H,23,24,25). The average molecular weight is 367 g/mol. The first-order valence-electron chi connectivity index (χ1n) is 7.81. The van der Waals surface area contributed by atoms with Gasteiger partial charge in [0.05, 0.1) is 11.8 Å². The molecule has 4 nitrogen and oxygen atoms in total. The van der Waals surface area contributed by atoms with Gasteiger partial charge >= 0.3 is 0 Å². The Morgan fingerprint density at radius 2 is 1.96 bits per heavy atom. The lowest BCUT2D eigenvalue weighted by Gasteiger charge is -2.08. The van der Waals surface area contributed by atoms with E-state index in [-0.39, 0.29) is 5.56 Å². The molecule has 0 saturated heterocycles. The van der Waals surface area contributed by atoms with Crippen molar-refractivity contribution in [2.75, 3.05) is 5.32 Å². The summed E-state index contributed by atoms with van der Waals surface area (Å²) in [5, 5.41) is 4.07. The molecule has 0 saturated carbocycles. The number of halogens is 2. The van der Waals surface area contributed by atoms with E-state index in [1.165, 1.54) is 18.2 Å². The smallest absolute Gasteiger partial charge is 0.259 e. The first kappa shape index (κ1) is 16.3. The molecule has 4 aromatic rings. The van der Waals surface area contributed by atoms with E-state index < -0.39 is 11.7 Å². The van der Waals surface area contributed by atoms with Gasteiger partial charge < -0.3 is 9.73 Å². The fourth-order valence-corrected chi connectivity index (χ4v) is 2.94. The summed E-state index contributed by atoms with van der Waals surface area (Å²) in [5.74, 6) is -0.823. The van der Waals surface area contributed by atoms with E-state index in [1.54, 1.807) is 30.7 Å². The molecule has 2 aromatic heterocycles. The van der Waals surface area contributed by atoms with Crippen molar-refractivity contribution in [2.24, 2.45) is 0 Å². The van der Waals surface area contributed by atoms with Crippen molar-refractivity contribution in [2.45, 2.75) is 0 Å². The number of hydrogen-bond acceptors (Lipinski definition) is 3. The molecule has 0 radical (unpaired) electrons. The highest BCUT2D eigenvalue weighted by atomic mass is 35.5. The van der Waals surface area contributed by atoms with Crippen LogP contribution < -0.4 is 5.32 Å². The van der Waals surface area contributed by atoms with E-state index in [9.17, 15) is 9.18 Å². The van der Waals surface area contributed by atoms with E-state index in [0.717, 1.165) is 22.1 Å². The average Bonchev–Trinajstić information content (AvgIpc) is 3.09. The van der Waals surface area contributed by atoms with Crippen molar-refractivity contribution in [1.29, 1.82) is 0 Å². The number of rotatable bonds is 3. The number of fused-ring (bicyclic) bond motifs is 1. The molecule has 1 amide bonds. The second kappa shape index (κ2) is 6.61. The maximum Gasteiger partial charge on any atom is 0.259 e. The number of hydrogen-bond donors (Lipinski definition) is 1. The number of nitrogens with one attached hydrogen (secondary N) is 1. The molecule has 26 heavy (non-hydrogen) atoms. The zero-order chi connectivity index (χ0) is 18.1. The third-order valence-electron chi connectivity index (χ3n) is 3.98. The summed E-state index contributed by atoms with van der Waals surface area (Å²) in [6, 6.07) is 14.7. The summed E-state index contributed by atoms with van der Waals surface area (Å²) in [6.45, 7) is 0. The first-order valence-corrected chi connectivity index (χ1v) is 8.19. The zero-order valence-electron chi connectivity index (χ0n) is 13.4. The largest absolute Gasteiger partial charge is 0.464 e. The maximum absolute atomic E-state index is 13.7. The molecular formula is C20H12ClFN2O2. The number of aromatic nitrogens is 1. The van der Waals surface area contributed by atoms with Gasteiger partial charge in [0.2, 0.25) is 0 Å². The Labute approximate surface area is 153 Å². The number of anilines is 1. The summed E-state index contributed by atoms with van der Waals surface area (Å²) in [4.78, 5) is 16.4. The third kappa shape index (κ3) is 3.05. The van der Waals surface area contributed by atoms with Crippen molar-refractivity contribution < 1.29 is 13.6 Å². The highest BCUT2D eigenvalue weighted by molar-refractivity contribution is 6.34. The molecule has 0 fully saturated rings. The van der Waals surface area contributed by atoms with E-state index in [2.05, 4.69) is 10.3 Å². The normalized spacial score (nSPS) is 10.8. The summed E-state index contributed by atoms with van der Waals surface area (Å²) in [7, 11) is 0. The van der Waals surface area contributed by atoms with Crippen molar-refractivity contribution in [3.63, 3.8) is 0 Å². The van der Waals surface area contributed by atoms with Crippen LogP contribution in [0, 0.1) is 5.82 Å². The third-order valence-corrected chi connectivity index (χ3v) is 4.29. The van der Waals surface area contributed by atoms with Gasteiger partial charge in [-0.15, -0.1) is 0 Å². The Bertz CT molecular complexity index is 1110. The SMILES string of the molecule is O=C(Nc1ccc(-c2cc3occc3cc2Cl)cn1)c1ccccc1F. The molecule has 0 aliphatic carbocycles. The molecule has 0 spiro atoms. The minimum Gasteiger partial charge on any atom is -0.464 e. The minimum atomic E-state index is -0.583. The van der Waals surface area contributed by atoms with E-state index in [4.69, 9.17) is 16.0 Å². The van der Waals surface area contributed by atoms with Crippen LogP contribution in [0.5, 0.6) is 0 Å². The van der Waals surface area contributed by atoms with Crippen LogP contribution in [0.2, 0.25) is 5.02 Å². The van der Waals surface area contributed by atoms with E-state index in [0.29, 0.717) is 10.8 Å². The Balaban J connectivity index is 1.59. The van der Waals surface area contributed by atoms with Crippen LogP contribution in [0.25, 0.3) is 22.1 Å². The fraction of sp³-hybridized carbons (Fsp3) is 0. The van der Waals surface area contributed by atoms with Crippen LogP contribution in [0.4, 0.5) is 10.2 Å². The second-order valence-electron chi connectivity index (χ2n) is 5.66. The van der Waals surface area contributed by atoms with Gasteiger partial charge in [0, 0.05) is 27.7 Å². The van der Waals surface area contributed by atoms with Gasteiger partial charge in [-0.2, -0.15) is 0 Å². The first-order chi connectivity index (χ1) is 12.6.